The number of carbonyl (C=O) groups is 1. The average molecular weight is 406 g/mol. The summed E-state index contributed by atoms with van der Waals surface area (Å²) in [4.78, 5) is 35.9. The van der Waals surface area contributed by atoms with Crippen molar-refractivity contribution in [3.63, 3.8) is 0 Å². The molecule has 3 rings (SSSR count). The molecule has 7 nitrogen and oxygen atoms in total. The zero-order valence-corrected chi connectivity index (χ0v) is 17.4. The van der Waals surface area contributed by atoms with Crippen LogP contribution in [0.1, 0.15) is 36.6 Å². The smallest absolute Gasteiger partial charge is 0.255 e. The molecule has 0 aliphatic rings. The van der Waals surface area contributed by atoms with Crippen molar-refractivity contribution < 1.29 is 9.53 Å². The molecule has 0 spiro atoms. The highest BCUT2D eigenvalue weighted by molar-refractivity contribution is 5.78. The standard InChI is InChI=1S/C23H26N4O3/c1-15(2)17-6-8-19(9-7-17)30-12-11-25-21(28)13-20-16(3)26-22(27-23(20)29)18-5-4-10-24-14-18/h4-10,14-15H,11-13H2,1-3H3,(H,25,28)(H,26,27,29). The molecule has 3 aromatic rings. The number of pyridine rings is 1. The Morgan fingerprint density at radius 2 is 1.97 bits per heavy atom. The molecule has 0 aliphatic heterocycles. The van der Waals surface area contributed by atoms with E-state index in [1.54, 1.807) is 25.4 Å². The van der Waals surface area contributed by atoms with Crippen molar-refractivity contribution in [2.75, 3.05) is 13.2 Å². The third kappa shape index (κ3) is 5.53. The minimum absolute atomic E-state index is 0.0371. The van der Waals surface area contributed by atoms with Gasteiger partial charge >= 0.3 is 0 Å². The van der Waals surface area contributed by atoms with Crippen molar-refractivity contribution in [1.29, 1.82) is 0 Å². The second-order valence-corrected chi connectivity index (χ2v) is 7.32. The van der Waals surface area contributed by atoms with Gasteiger partial charge in [0.25, 0.3) is 5.56 Å². The van der Waals surface area contributed by atoms with Gasteiger partial charge in [0.2, 0.25) is 5.91 Å². The second kappa shape index (κ2) is 9.82. The largest absolute Gasteiger partial charge is 0.492 e. The van der Waals surface area contributed by atoms with Gasteiger partial charge in [0.1, 0.15) is 18.2 Å². The summed E-state index contributed by atoms with van der Waals surface area (Å²) >= 11 is 0. The fourth-order valence-corrected chi connectivity index (χ4v) is 2.99. The van der Waals surface area contributed by atoms with Crippen LogP contribution in [0, 0.1) is 6.92 Å². The first-order chi connectivity index (χ1) is 14.4. The molecule has 0 aliphatic carbocycles. The van der Waals surface area contributed by atoms with E-state index in [-0.39, 0.29) is 17.9 Å². The molecule has 2 heterocycles. The molecular formula is C23H26N4O3. The molecule has 0 unspecified atom stereocenters. The third-order valence-corrected chi connectivity index (χ3v) is 4.73. The highest BCUT2D eigenvalue weighted by atomic mass is 16.5. The number of aromatic amines is 1. The monoisotopic (exact) mass is 406 g/mol. The summed E-state index contributed by atoms with van der Waals surface area (Å²) in [6.07, 6.45) is 3.24. The minimum atomic E-state index is -0.321. The van der Waals surface area contributed by atoms with Gasteiger partial charge in [0.15, 0.2) is 0 Å². The van der Waals surface area contributed by atoms with Gasteiger partial charge < -0.3 is 15.0 Å². The van der Waals surface area contributed by atoms with Crippen molar-refractivity contribution >= 4 is 5.91 Å². The molecule has 0 radical (unpaired) electrons. The average Bonchev–Trinajstić information content (AvgIpc) is 2.74. The minimum Gasteiger partial charge on any atom is -0.492 e. The van der Waals surface area contributed by atoms with Gasteiger partial charge in [-0.2, -0.15) is 0 Å². The van der Waals surface area contributed by atoms with Crippen LogP contribution in [0.2, 0.25) is 0 Å². The number of aryl methyl sites for hydroxylation is 1. The fourth-order valence-electron chi connectivity index (χ4n) is 2.99. The number of carbonyl (C=O) groups excluding carboxylic acids is 1. The Morgan fingerprint density at radius 3 is 2.60 bits per heavy atom. The summed E-state index contributed by atoms with van der Waals surface area (Å²) < 4.78 is 5.65. The van der Waals surface area contributed by atoms with E-state index >= 15 is 0 Å². The quantitative estimate of drug-likeness (QED) is 0.561. The third-order valence-electron chi connectivity index (χ3n) is 4.73. The van der Waals surface area contributed by atoms with Gasteiger partial charge in [-0.15, -0.1) is 0 Å². The molecule has 2 N–H and O–H groups in total. The SMILES string of the molecule is Cc1nc(-c2cccnc2)[nH]c(=O)c1CC(=O)NCCOc1ccc(C(C)C)cc1. The van der Waals surface area contributed by atoms with E-state index in [4.69, 9.17) is 4.74 Å². The Bertz CT molecular complexity index is 1040. The van der Waals surface area contributed by atoms with Gasteiger partial charge in [-0.1, -0.05) is 26.0 Å². The van der Waals surface area contributed by atoms with Gasteiger partial charge in [0, 0.05) is 29.2 Å². The van der Waals surface area contributed by atoms with E-state index in [0.717, 1.165) is 5.75 Å². The van der Waals surface area contributed by atoms with Crippen molar-refractivity contribution in [1.82, 2.24) is 20.3 Å². The molecular weight excluding hydrogens is 380 g/mol. The number of rotatable bonds is 8. The highest BCUT2D eigenvalue weighted by Crippen LogP contribution is 2.18. The number of benzene rings is 1. The van der Waals surface area contributed by atoms with Gasteiger partial charge in [-0.05, 0) is 42.7 Å². The van der Waals surface area contributed by atoms with Crippen molar-refractivity contribution in [3.05, 3.63) is 76.0 Å². The lowest BCUT2D eigenvalue weighted by molar-refractivity contribution is -0.120. The number of nitrogens with zero attached hydrogens (tertiary/aromatic N) is 2. The van der Waals surface area contributed by atoms with E-state index in [0.29, 0.717) is 41.7 Å². The van der Waals surface area contributed by atoms with Crippen molar-refractivity contribution in [2.45, 2.75) is 33.1 Å². The number of hydrogen-bond donors (Lipinski definition) is 2. The lowest BCUT2D eigenvalue weighted by Crippen LogP contribution is -2.32. The molecule has 0 fully saturated rings. The first-order valence-electron chi connectivity index (χ1n) is 9.93. The number of nitrogens with one attached hydrogen (secondary N) is 2. The second-order valence-electron chi connectivity index (χ2n) is 7.32. The lowest BCUT2D eigenvalue weighted by atomic mass is 10.0. The van der Waals surface area contributed by atoms with E-state index in [1.807, 2.05) is 30.3 Å². The molecule has 7 heteroatoms. The molecule has 1 amide bonds. The van der Waals surface area contributed by atoms with E-state index < -0.39 is 0 Å². The molecule has 1 aromatic carbocycles. The molecule has 156 valence electrons. The number of hydrogen-bond acceptors (Lipinski definition) is 5. The van der Waals surface area contributed by atoms with Crippen LogP contribution < -0.4 is 15.6 Å². The van der Waals surface area contributed by atoms with Crippen LogP contribution in [0.5, 0.6) is 5.75 Å². The van der Waals surface area contributed by atoms with Gasteiger partial charge in [0.05, 0.1) is 13.0 Å². The summed E-state index contributed by atoms with van der Waals surface area (Å²) in [6.45, 7) is 6.70. The first-order valence-corrected chi connectivity index (χ1v) is 9.93. The van der Waals surface area contributed by atoms with Crippen LogP contribution >= 0.6 is 0 Å². The van der Waals surface area contributed by atoms with Crippen LogP contribution in [0.15, 0.2) is 53.6 Å². The van der Waals surface area contributed by atoms with E-state index in [9.17, 15) is 9.59 Å². The maximum absolute atomic E-state index is 12.4. The topological polar surface area (TPSA) is 97.0 Å². The van der Waals surface area contributed by atoms with E-state index in [1.165, 1.54) is 5.56 Å². The normalized spacial score (nSPS) is 10.8. The number of amides is 1. The van der Waals surface area contributed by atoms with Crippen LogP contribution in [0.3, 0.4) is 0 Å². The molecule has 0 saturated carbocycles. The summed E-state index contributed by atoms with van der Waals surface area (Å²) in [7, 11) is 0. The maximum Gasteiger partial charge on any atom is 0.255 e. The molecule has 0 bridgehead atoms. The van der Waals surface area contributed by atoms with Crippen molar-refractivity contribution in [3.8, 4) is 17.1 Å². The highest BCUT2D eigenvalue weighted by Gasteiger charge is 2.13. The van der Waals surface area contributed by atoms with Gasteiger partial charge in [-0.25, -0.2) is 4.98 Å². The predicted octanol–water partition coefficient (Wildman–Crippen LogP) is 3.00. The first kappa shape index (κ1) is 21.2. The van der Waals surface area contributed by atoms with E-state index in [2.05, 4.69) is 34.1 Å². The summed E-state index contributed by atoms with van der Waals surface area (Å²) in [6, 6.07) is 11.5. The number of H-pyrrole nitrogens is 1. The Hall–Kier alpha value is -3.48. The zero-order valence-electron chi connectivity index (χ0n) is 17.4. The number of aromatic nitrogens is 3. The Labute approximate surface area is 175 Å². The fraction of sp³-hybridized carbons (Fsp3) is 0.304. The molecule has 0 atom stereocenters. The van der Waals surface area contributed by atoms with Crippen LogP contribution in [0.4, 0.5) is 0 Å². The zero-order chi connectivity index (χ0) is 21.5. The van der Waals surface area contributed by atoms with Crippen LogP contribution in [-0.2, 0) is 11.2 Å². The maximum atomic E-state index is 12.4. The molecule has 0 saturated heterocycles. The number of ether oxygens (including phenoxy) is 1. The molecule has 30 heavy (non-hydrogen) atoms. The Kier molecular flexibility index (Phi) is 6.95. The van der Waals surface area contributed by atoms with Crippen LogP contribution in [0.25, 0.3) is 11.4 Å². The Morgan fingerprint density at radius 1 is 1.20 bits per heavy atom. The summed E-state index contributed by atoms with van der Waals surface area (Å²) in [5.74, 6) is 1.42. The summed E-state index contributed by atoms with van der Waals surface area (Å²) in [5.41, 5.74) is 2.52. The Balaban J connectivity index is 1.52. The predicted molar refractivity (Wildman–Crippen MR) is 116 cm³/mol. The van der Waals surface area contributed by atoms with Crippen LogP contribution in [-0.4, -0.2) is 34.0 Å². The van der Waals surface area contributed by atoms with Crippen molar-refractivity contribution in [2.24, 2.45) is 0 Å². The summed E-state index contributed by atoms with van der Waals surface area (Å²) in [5, 5.41) is 2.78. The lowest BCUT2D eigenvalue weighted by Gasteiger charge is -2.10. The van der Waals surface area contributed by atoms with Gasteiger partial charge in [-0.3, -0.25) is 14.6 Å². The molecule has 2 aromatic heterocycles.